The van der Waals surface area contributed by atoms with Crippen molar-refractivity contribution in [3.8, 4) is 5.69 Å². The van der Waals surface area contributed by atoms with Crippen molar-refractivity contribution in [2.24, 2.45) is 0 Å². The normalized spacial score (nSPS) is 11.8. The second kappa shape index (κ2) is 4.73. The fourth-order valence-electron chi connectivity index (χ4n) is 2.09. The molecule has 0 spiro atoms. The fraction of sp³-hybridized carbons (Fsp3) is 0.0667. The molecule has 3 nitrogen and oxygen atoms in total. The van der Waals surface area contributed by atoms with E-state index in [4.69, 9.17) is 0 Å². The zero-order chi connectivity index (χ0) is 15.0. The Morgan fingerprint density at radius 2 is 1.76 bits per heavy atom. The van der Waals surface area contributed by atoms with Gasteiger partial charge in [0, 0.05) is 0 Å². The molecule has 3 rings (SSSR count). The predicted molar refractivity (Wildman–Crippen MR) is 72.3 cm³/mol. The van der Waals surface area contributed by atoms with Gasteiger partial charge in [0.2, 0.25) is 0 Å². The summed E-state index contributed by atoms with van der Waals surface area (Å²) in [4.78, 5) is 16.4. The van der Waals surface area contributed by atoms with E-state index in [0.29, 0.717) is 10.9 Å². The zero-order valence-corrected chi connectivity index (χ0v) is 10.6. The number of halogens is 3. The van der Waals surface area contributed by atoms with Gasteiger partial charge in [0.15, 0.2) is 0 Å². The highest BCUT2D eigenvalue weighted by atomic mass is 19.4. The molecule has 0 unspecified atom stereocenters. The van der Waals surface area contributed by atoms with Crippen LogP contribution in [0, 0.1) is 0 Å². The molecule has 0 atom stereocenters. The van der Waals surface area contributed by atoms with Gasteiger partial charge in [-0.25, -0.2) is 4.98 Å². The first-order chi connectivity index (χ1) is 9.97. The lowest BCUT2D eigenvalue weighted by atomic mass is 10.2. The molecule has 0 amide bonds. The molecule has 0 saturated carbocycles. The summed E-state index contributed by atoms with van der Waals surface area (Å²) in [7, 11) is 0. The summed E-state index contributed by atoms with van der Waals surface area (Å²) in [6.45, 7) is 0. The van der Waals surface area contributed by atoms with Crippen LogP contribution in [-0.4, -0.2) is 9.55 Å². The molecule has 106 valence electrons. The first kappa shape index (κ1) is 13.4. The molecule has 0 aliphatic rings. The number of para-hydroxylation sites is 1. The number of fused-ring (bicyclic) bond motifs is 1. The Morgan fingerprint density at radius 1 is 1.00 bits per heavy atom. The maximum Gasteiger partial charge on any atom is 0.416 e. The number of nitrogens with zero attached hydrogens (tertiary/aromatic N) is 2. The van der Waals surface area contributed by atoms with Crippen molar-refractivity contribution < 1.29 is 13.2 Å². The molecule has 0 saturated heterocycles. The lowest BCUT2D eigenvalue weighted by Crippen LogP contribution is -2.19. The van der Waals surface area contributed by atoms with E-state index in [2.05, 4.69) is 4.98 Å². The van der Waals surface area contributed by atoms with Gasteiger partial charge in [-0.1, -0.05) is 18.2 Å². The number of benzene rings is 2. The largest absolute Gasteiger partial charge is 0.416 e. The molecular formula is C15H9F3N2O. The number of alkyl halides is 3. The Morgan fingerprint density at radius 3 is 2.52 bits per heavy atom. The highest BCUT2D eigenvalue weighted by Gasteiger charge is 2.30. The van der Waals surface area contributed by atoms with Crippen molar-refractivity contribution in [3.63, 3.8) is 0 Å². The van der Waals surface area contributed by atoms with Gasteiger partial charge in [-0.3, -0.25) is 9.36 Å². The van der Waals surface area contributed by atoms with Crippen LogP contribution in [0.1, 0.15) is 5.56 Å². The third kappa shape index (κ3) is 2.40. The number of hydrogen-bond donors (Lipinski definition) is 0. The van der Waals surface area contributed by atoms with E-state index in [1.165, 1.54) is 18.5 Å². The summed E-state index contributed by atoms with van der Waals surface area (Å²) in [6, 6.07) is 11.3. The molecule has 0 fully saturated rings. The minimum absolute atomic E-state index is 0.132. The standard InChI is InChI=1S/C15H9F3N2O/c16-15(17,18)10-4-3-5-11(8-10)20-9-19-13-7-2-1-6-12(13)14(20)21/h1-9H. The molecule has 6 heteroatoms. The highest BCUT2D eigenvalue weighted by Crippen LogP contribution is 2.30. The molecule has 1 aromatic heterocycles. The van der Waals surface area contributed by atoms with E-state index < -0.39 is 17.3 Å². The van der Waals surface area contributed by atoms with Gasteiger partial charge >= 0.3 is 6.18 Å². The van der Waals surface area contributed by atoms with Crippen LogP contribution < -0.4 is 5.56 Å². The Hall–Kier alpha value is -2.63. The average molecular weight is 290 g/mol. The molecule has 2 aromatic carbocycles. The molecule has 0 N–H and O–H groups in total. The summed E-state index contributed by atoms with van der Waals surface area (Å²) in [5.74, 6) is 0. The van der Waals surface area contributed by atoms with E-state index in [0.717, 1.165) is 16.7 Å². The van der Waals surface area contributed by atoms with Crippen LogP contribution in [0.5, 0.6) is 0 Å². The molecule has 0 radical (unpaired) electrons. The van der Waals surface area contributed by atoms with E-state index in [1.54, 1.807) is 24.3 Å². The molecular weight excluding hydrogens is 281 g/mol. The van der Waals surface area contributed by atoms with Crippen LogP contribution in [0.15, 0.2) is 59.7 Å². The summed E-state index contributed by atoms with van der Waals surface area (Å²) >= 11 is 0. The minimum atomic E-state index is -4.45. The minimum Gasteiger partial charge on any atom is -0.268 e. The van der Waals surface area contributed by atoms with Crippen LogP contribution in [0.4, 0.5) is 13.2 Å². The molecule has 0 bridgehead atoms. The Balaban J connectivity index is 2.22. The monoisotopic (exact) mass is 290 g/mol. The van der Waals surface area contributed by atoms with Crippen molar-refractivity contribution in [1.82, 2.24) is 9.55 Å². The second-order valence-corrected chi connectivity index (χ2v) is 4.48. The van der Waals surface area contributed by atoms with Gasteiger partial charge in [-0.05, 0) is 30.3 Å². The van der Waals surface area contributed by atoms with Crippen molar-refractivity contribution in [1.29, 1.82) is 0 Å². The van der Waals surface area contributed by atoms with E-state index in [-0.39, 0.29) is 5.69 Å². The maximum absolute atomic E-state index is 12.7. The molecule has 0 aliphatic carbocycles. The molecule has 0 aliphatic heterocycles. The summed E-state index contributed by atoms with van der Waals surface area (Å²) in [5, 5.41) is 0.359. The van der Waals surface area contributed by atoms with Gasteiger partial charge in [0.25, 0.3) is 5.56 Å². The third-order valence-electron chi connectivity index (χ3n) is 3.12. The van der Waals surface area contributed by atoms with Crippen LogP contribution in [0.3, 0.4) is 0 Å². The third-order valence-corrected chi connectivity index (χ3v) is 3.12. The number of hydrogen-bond acceptors (Lipinski definition) is 2. The van der Waals surface area contributed by atoms with Crippen LogP contribution in [0.25, 0.3) is 16.6 Å². The predicted octanol–water partition coefficient (Wildman–Crippen LogP) is 3.40. The first-order valence-corrected chi connectivity index (χ1v) is 6.11. The van der Waals surface area contributed by atoms with Gasteiger partial charge in [0.1, 0.15) is 6.33 Å². The summed E-state index contributed by atoms with van der Waals surface area (Å²) in [5.41, 5.74) is -0.571. The second-order valence-electron chi connectivity index (χ2n) is 4.48. The van der Waals surface area contributed by atoms with Gasteiger partial charge in [-0.2, -0.15) is 13.2 Å². The topological polar surface area (TPSA) is 34.9 Å². The first-order valence-electron chi connectivity index (χ1n) is 6.11. The van der Waals surface area contributed by atoms with Crippen molar-refractivity contribution >= 4 is 10.9 Å². The van der Waals surface area contributed by atoms with E-state index in [9.17, 15) is 18.0 Å². The molecule has 3 aromatic rings. The van der Waals surface area contributed by atoms with Crippen LogP contribution >= 0.6 is 0 Å². The average Bonchev–Trinajstić information content (AvgIpc) is 2.47. The van der Waals surface area contributed by atoms with Crippen LogP contribution in [0.2, 0.25) is 0 Å². The zero-order valence-electron chi connectivity index (χ0n) is 10.6. The molecule has 1 heterocycles. The lowest BCUT2D eigenvalue weighted by Gasteiger charge is -2.10. The SMILES string of the molecule is O=c1c2ccccc2ncn1-c1cccc(C(F)(F)F)c1. The quantitative estimate of drug-likeness (QED) is 0.688. The number of aromatic nitrogens is 2. The highest BCUT2D eigenvalue weighted by molar-refractivity contribution is 5.77. The summed E-state index contributed by atoms with van der Waals surface area (Å²) < 4.78 is 39.3. The Labute approximate surface area is 117 Å². The molecule has 21 heavy (non-hydrogen) atoms. The van der Waals surface area contributed by atoms with E-state index in [1.807, 2.05) is 0 Å². The lowest BCUT2D eigenvalue weighted by molar-refractivity contribution is -0.137. The van der Waals surface area contributed by atoms with Crippen LogP contribution in [-0.2, 0) is 6.18 Å². The summed E-state index contributed by atoms with van der Waals surface area (Å²) in [6.07, 6.45) is -3.22. The Bertz CT molecular complexity index is 868. The number of rotatable bonds is 1. The maximum atomic E-state index is 12.7. The van der Waals surface area contributed by atoms with Crippen molar-refractivity contribution in [2.45, 2.75) is 6.18 Å². The fourth-order valence-corrected chi connectivity index (χ4v) is 2.09. The smallest absolute Gasteiger partial charge is 0.268 e. The van der Waals surface area contributed by atoms with E-state index >= 15 is 0 Å². The van der Waals surface area contributed by atoms with Gasteiger partial charge < -0.3 is 0 Å². The van der Waals surface area contributed by atoms with Gasteiger partial charge in [0.05, 0.1) is 22.2 Å². The van der Waals surface area contributed by atoms with Crippen molar-refractivity contribution in [2.75, 3.05) is 0 Å². The van der Waals surface area contributed by atoms with Gasteiger partial charge in [-0.15, -0.1) is 0 Å². The van der Waals surface area contributed by atoms with Crippen molar-refractivity contribution in [3.05, 3.63) is 70.8 Å². The Kier molecular flexibility index (Phi) is 3.01.